The topological polar surface area (TPSA) is 12.9 Å². The summed E-state index contributed by atoms with van der Waals surface area (Å²) in [5.74, 6) is 0. The van der Waals surface area contributed by atoms with Crippen molar-refractivity contribution in [3.63, 3.8) is 0 Å². The van der Waals surface area contributed by atoms with Gasteiger partial charge in [-0.2, -0.15) is 0 Å². The van der Waals surface area contributed by atoms with Crippen LogP contribution in [0, 0.1) is 0 Å². The minimum atomic E-state index is 0.384. The molecule has 0 N–H and O–H groups in total. The molecule has 0 aliphatic heterocycles. The first-order chi connectivity index (χ1) is 10.9. The Kier molecular flexibility index (Phi) is 3.64. The van der Waals surface area contributed by atoms with Crippen molar-refractivity contribution in [2.45, 2.75) is 6.42 Å². The Bertz CT molecular complexity index is 859. The van der Waals surface area contributed by atoms with E-state index in [1.165, 1.54) is 31.0 Å². The predicted molar refractivity (Wildman–Crippen MR) is 93.4 cm³/mol. The number of rotatable bonds is 3. The average Bonchev–Trinajstić information content (AvgIpc) is 2.98. The molecule has 0 radical (unpaired) electrons. The molecular weight excluding hydrogens is 333 g/mol. The van der Waals surface area contributed by atoms with Gasteiger partial charge in [-0.1, -0.05) is 0 Å². The van der Waals surface area contributed by atoms with Crippen molar-refractivity contribution in [2.24, 2.45) is 0 Å². The number of benzene rings is 3. The normalized spacial score (nSPS) is 10.9. The molecule has 4 rings (SSSR count). The van der Waals surface area contributed by atoms with E-state index in [0.717, 1.165) is 6.42 Å². The number of nitrogens with zero attached hydrogens (tertiary/aromatic N) is 1. The third-order valence-corrected chi connectivity index (χ3v) is 5.93. The van der Waals surface area contributed by atoms with Crippen LogP contribution >= 0.6 is 0 Å². The third-order valence-electron chi connectivity index (χ3n) is 3.75. The van der Waals surface area contributed by atoms with Crippen LogP contribution in [-0.4, -0.2) is 19.5 Å². The molecule has 3 aromatic carbocycles. The fourth-order valence-electron chi connectivity index (χ4n) is 2.62. The molecule has 0 saturated carbocycles. The van der Waals surface area contributed by atoms with Gasteiger partial charge in [0.2, 0.25) is 0 Å². The summed E-state index contributed by atoms with van der Waals surface area (Å²) in [4.78, 5) is 4.77. The van der Waals surface area contributed by atoms with Gasteiger partial charge >= 0.3 is 136 Å². The second-order valence-electron chi connectivity index (χ2n) is 5.32. The van der Waals surface area contributed by atoms with Crippen molar-refractivity contribution in [3.05, 3.63) is 89.0 Å². The van der Waals surface area contributed by atoms with E-state index in [1.54, 1.807) is 0 Å². The molecule has 0 saturated heterocycles. The summed E-state index contributed by atoms with van der Waals surface area (Å²) in [6.07, 6.45) is 0.962. The predicted octanol–water partition coefficient (Wildman–Crippen LogP) is 4.55. The van der Waals surface area contributed by atoms with Gasteiger partial charge in [-0.05, 0) is 0 Å². The van der Waals surface area contributed by atoms with Crippen LogP contribution in [0.5, 0.6) is 0 Å². The third kappa shape index (κ3) is 2.76. The monoisotopic (exact) mass is 349 g/mol. The molecule has 0 spiro atoms. The van der Waals surface area contributed by atoms with Crippen molar-refractivity contribution in [3.8, 4) is 11.1 Å². The van der Waals surface area contributed by atoms with E-state index in [2.05, 4.69) is 78.9 Å². The van der Waals surface area contributed by atoms with E-state index in [-0.39, 0.29) is 0 Å². The van der Waals surface area contributed by atoms with E-state index < -0.39 is 0 Å². The van der Waals surface area contributed by atoms with E-state index >= 15 is 0 Å². The van der Waals surface area contributed by atoms with Crippen molar-refractivity contribution >= 4 is 24.3 Å². The molecule has 0 amide bonds. The van der Waals surface area contributed by atoms with Gasteiger partial charge in [0.1, 0.15) is 0 Å². The average molecular weight is 348 g/mol. The Balaban J connectivity index is 1.58. The van der Waals surface area contributed by atoms with Gasteiger partial charge in [0, 0.05) is 0 Å². The summed E-state index contributed by atoms with van der Waals surface area (Å²) in [6, 6.07) is 27.9. The summed E-state index contributed by atoms with van der Waals surface area (Å²) >= 11 is 0.384. The zero-order chi connectivity index (χ0) is 14.8. The van der Waals surface area contributed by atoms with Gasteiger partial charge in [-0.3, -0.25) is 0 Å². The second-order valence-corrected chi connectivity index (χ2v) is 7.65. The van der Waals surface area contributed by atoms with Crippen LogP contribution in [0.3, 0.4) is 0 Å². The van der Waals surface area contributed by atoms with Gasteiger partial charge in [0.15, 0.2) is 0 Å². The second kappa shape index (κ2) is 5.92. The fraction of sp³-hybridized carbons (Fsp3) is 0.0500. The molecule has 4 aromatic rings. The standard InChI is InChI=1S/C20H15NSe/c1-2-6-16(7-3-1)17-12-10-15(11-13-17)14-20-21-18-8-4-5-9-19(18)22-20/h1-13H,14H2. The molecule has 1 aromatic heterocycles. The maximum atomic E-state index is 4.77. The summed E-state index contributed by atoms with van der Waals surface area (Å²) in [6.45, 7) is 0. The fourth-order valence-corrected chi connectivity index (χ4v) is 4.72. The van der Waals surface area contributed by atoms with E-state index in [0.29, 0.717) is 14.5 Å². The minimum absolute atomic E-state index is 0.384. The van der Waals surface area contributed by atoms with Crippen molar-refractivity contribution < 1.29 is 0 Å². The Morgan fingerprint density at radius 3 is 2.14 bits per heavy atom. The molecule has 2 heteroatoms. The van der Waals surface area contributed by atoms with Crippen molar-refractivity contribution in [1.29, 1.82) is 0 Å². The maximum absolute atomic E-state index is 4.77. The van der Waals surface area contributed by atoms with Gasteiger partial charge in [0.05, 0.1) is 0 Å². The van der Waals surface area contributed by atoms with E-state index in [1.807, 2.05) is 0 Å². The van der Waals surface area contributed by atoms with Gasteiger partial charge in [-0.15, -0.1) is 0 Å². The Labute approximate surface area is 136 Å². The Morgan fingerprint density at radius 1 is 0.682 bits per heavy atom. The molecule has 0 bridgehead atoms. The number of para-hydroxylation sites is 1. The van der Waals surface area contributed by atoms with Gasteiger partial charge in [-0.25, -0.2) is 0 Å². The van der Waals surface area contributed by atoms with Gasteiger partial charge in [0.25, 0.3) is 0 Å². The van der Waals surface area contributed by atoms with Crippen LogP contribution in [0.1, 0.15) is 10.1 Å². The molecule has 0 unspecified atom stereocenters. The van der Waals surface area contributed by atoms with Crippen LogP contribution in [0.4, 0.5) is 0 Å². The van der Waals surface area contributed by atoms with Crippen molar-refractivity contribution in [2.75, 3.05) is 0 Å². The quantitative estimate of drug-likeness (QED) is 0.495. The van der Waals surface area contributed by atoms with E-state index in [4.69, 9.17) is 4.98 Å². The first kappa shape index (κ1) is 13.5. The first-order valence-corrected chi connectivity index (χ1v) is 9.09. The first-order valence-electron chi connectivity index (χ1n) is 7.37. The molecule has 0 atom stereocenters. The van der Waals surface area contributed by atoms with Crippen LogP contribution in [0.15, 0.2) is 78.9 Å². The van der Waals surface area contributed by atoms with E-state index in [9.17, 15) is 0 Å². The number of fused-ring (bicyclic) bond motifs is 1. The Morgan fingerprint density at radius 2 is 1.36 bits per heavy atom. The van der Waals surface area contributed by atoms with Crippen LogP contribution in [0.2, 0.25) is 0 Å². The molecule has 22 heavy (non-hydrogen) atoms. The van der Waals surface area contributed by atoms with Crippen molar-refractivity contribution in [1.82, 2.24) is 4.98 Å². The number of aromatic nitrogens is 1. The van der Waals surface area contributed by atoms with Gasteiger partial charge < -0.3 is 0 Å². The number of hydrogen-bond donors (Lipinski definition) is 0. The summed E-state index contributed by atoms with van der Waals surface area (Å²) in [5.41, 5.74) is 5.04. The molecule has 106 valence electrons. The van der Waals surface area contributed by atoms with Crippen LogP contribution in [-0.2, 0) is 6.42 Å². The molecular formula is C20H15NSe. The van der Waals surface area contributed by atoms with Crippen LogP contribution in [0.25, 0.3) is 20.9 Å². The SMILES string of the molecule is c1ccc(-c2ccc(Cc3nc4ccccc4[se]3)cc2)cc1. The molecule has 0 aliphatic rings. The molecule has 1 heterocycles. The Hall–Kier alpha value is -2.15. The summed E-state index contributed by atoms with van der Waals surface area (Å²) in [7, 11) is 0. The number of hydrogen-bond acceptors (Lipinski definition) is 1. The summed E-state index contributed by atoms with van der Waals surface area (Å²) in [5, 5.41) is 0. The zero-order valence-electron chi connectivity index (χ0n) is 12.1. The molecule has 0 aliphatic carbocycles. The zero-order valence-corrected chi connectivity index (χ0v) is 13.8. The molecule has 0 fully saturated rings. The van der Waals surface area contributed by atoms with Crippen LogP contribution < -0.4 is 0 Å². The molecule has 1 nitrogen and oxygen atoms in total. The summed E-state index contributed by atoms with van der Waals surface area (Å²) < 4.78 is 2.73.